The molecule has 0 radical (unpaired) electrons. The maximum atomic E-state index is 12.0. The van der Waals surface area contributed by atoms with Crippen LogP contribution in [0.5, 0.6) is 0 Å². The minimum Gasteiger partial charge on any atom is -0.468 e. The molecule has 1 aliphatic heterocycles. The molecule has 1 unspecified atom stereocenters. The van der Waals surface area contributed by atoms with Gasteiger partial charge in [0, 0.05) is 5.41 Å². The average molecular weight is 246 g/mol. The average Bonchev–Trinajstić information content (AvgIpc) is 3.12. The molecule has 1 aromatic rings. The van der Waals surface area contributed by atoms with Crippen LogP contribution in [0.3, 0.4) is 0 Å². The minimum absolute atomic E-state index is 0.368. The number of hydrogen-bond acceptors (Lipinski definition) is 4. The molecule has 0 amide bonds. The van der Waals surface area contributed by atoms with E-state index in [1.165, 1.54) is 7.11 Å². The standard InChI is InChI=1S/C14H14O4/c1-17-11(15)14-9-13(14,7-8-18-12(14)16)10-5-3-2-4-6-10/h2-6H,7-9H2,1H3/t13?,14-/m1/s1. The summed E-state index contributed by atoms with van der Waals surface area (Å²) in [6.45, 7) is 0.368. The molecule has 2 atom stereocenters. The third-order valence-corrected chi connectivity index (χ3v) is 4.23. The van der Waals surface area contributed by atoms with Crippen LogP contribution in [0.15, 0.2) is 30.3 Å². The lowest BCUT2D eigenvalue weighted by Gasteiger charge is -2.27. The fourth-order valence-electron chi connectivity index (χ4n) is 3.19. The number of cyclic esters (lactones) is 1. The van der Waals surface area contributed by atoms with Crippen molar-refractivity contribution in [1.82, 2.24) is 0 Å². The van der Waals surface area contributed by atoms with Gasteiger partial charge in [0.2, 0.25) is 0 Å². The van der Waals surface area contributed by atoms with E-state index in [0.717, 1.165) is 5.56 Å². The van der Waals surface area contributed by atoms with E-state index in [4.69, 9.17) is 9.47 Å². The van der Waals surface area contributed by atoms with Crippen LogP contribution in [0.4, 0.5) is 0 Å². The number of esters is 2. The number of fused-ring (bicyclic) bond motifs is 1. The molecule has 18 heavy (non-hydrogen) atoms. The zero-order chi connectivity index (χ0) is 12.8. The Morgan fingerprint density at radius 1 is 1.33 bits per heavy atom. The summed E-state index contributed by atoms with van der Waals surface area (Å²) in [5.41, 5.74) is -0.509. The molecule has 0 bridgehead atoms. The molecule has 1 saturated heterocycles. The topological polar surface area (TPSA) is 52.6 Å². The highest BCUT2D eigenvalue weighted by atomic mass is 16.6. The smallest absolute Gasteiger partial charge is 0.324 e. The molecule has 1 heterocycles. The van der Waals surface area contributed by atoms with Gasteiger partial charge in [0.05, 0.1) is 13.7 Å². The van der Waals surface area contributed by atoms with Crippen LogP contribution in [-0.2, 0) is 24.5 Å². The van der Waals surface area contributed by atoms with Gasteiger partial charge in [0.25, 0.3) is 0 Å². The monoisotopic (exact) mass is 246 g/mol. The minimum atomic E-state index is -1.11. The number of ether oxygens (including phenoxy) is 2. The van der Waals surface area contributed by atoms with Gasteiger partial charge in [-0.3, -0.25) is 9.59 Å². The number of methoxy groups -OCH3 is 1. The Balaban J connectivity index is 2.08. The summed E-state index contributed by atoms with van der Waals surface area (Å²) in [6, 6.07) is 9.69. The van der Waals surface area contributed by atoms with Crippen LogP contribution in [0.1, 0.15) is 18.4 Å². The second kappa shape index (κ2) is 3.57. The zero-order valence-corrected chi connectivity index (χ0v) is 10.1. The third-order valence-electron chi connectivity index (χ3n) is 4.23. The van der Waals surface area contributed by atoms with Crippen LogP contribution in [-0.4, -0.2) is 25.7 Å². The molecule has 4 heteroatoms. The van der Waals surface area contributed by atoms with E-state index in [1.54, 1.807) is 0 Å². The first-order valence-corrected chi connectivity index (χ1v) is 5.98. The number of rotatable bonds is 2. The van der Waals surface area contributed by atoms with Crippen molar-refractivity contribution < 1.29 is 19.1 Å². The number of carbonyl (C=O) groups is 2. The summed E-state index contributed by atoms with van der Waals surface area (Å²) >= 11 is 0. The molecule has 2 aliphatic rings. The predicted octanol–water partition coefficient (Wildman–Crippen LogP) is 1.43. The van der Waals surface area contributed by atoms with Gasteiger partial charge in [-0.2, -0.15) is 0 Å². The van der Waals surface area contributed by atoms with Crippen molar-refractivity contribution in [3.8, 4) is 0 Å². The summed E-state index contributed by atoms with van der Waals surface area (Å²) in [7, 11) is 1.31. The molecule has 0 aromatic heterocycles. The van der Waals surface area contributed by atoms with Gasteiger partial charge in [0.15, 0.2) is 5.41 Å². The lowest BCUT2D eigenvalue weighted by molar-refractivity contribution is -0.168. The van der Waals surface area contributed by atoms with Crippen LogP contribution in [0.2, 0.25) is 0 Å². The Morgan fingerprint density at radius 2 is 2.06 bits per heavy atom. The molecule has 0 spiro atoms. The van der Waals surface area contributed by atoms with Gasteiger partial charge in [-0.25, -0.2) is 0 Å². The summed E-state index contributed by atoms with van der Waals surface area (Å²) in [5, 5.41) is 0. The normalized spacial score (nSPS) is 33.3. The van der Waals surface area contributed by atoms with E-state index in [9.17, 15) is 9.59 Å². The zero-order valence-electron chi connectivity index (χ0n) is 10.1. The second-order valence-corrected chi connectivity index (χ2v) is 4.91. The molecule has 1 aliphatic carbocycles. The molecule has 4 nitrogen and oxygen atoms in total. The molecule has 0 N–H and O–H groups in total. The van der Waals surface area contributed by atoms with Crippen LogP contribution in [0.25, 0.3) is 0 Å². The highest BCUT2D eigenvalue weighted by Crippen LogP contribution is 2.69. The molecule has 2 fully saturated rings. The van der Waals surface area contributed by atoms with E-state index < -0.39 is 22.8 Å². The molecule has 1 saturated carbocycles. The van der Waals surface area contributed by atoms with Crippen LogP contribution in [0, 0.1) is 5.41 Å². The first kappa shape index (κ1) is 11.3. The highest BCUT2D eigenvalue weighted by Gasteiger charge is 2.80. The van der Waals surface area contributed by atoms with Gasteiger partial charge in [-0.1, -0.05) is 30.3 Å². The fraction of sp³-hybridized carbons (Fsp3) is 0.429. The van der Waals surface area contributed by atoms with Crippen LogP contribution >= 0.6 is 0 Å². The number of benzene rings is 1. The van der Waals surface area contributed by atoms with Gasteiger partial charge in [0.1, 0.15) is 0 Å². The number of carbonyl (C=O) groups excluding carboxylic acids is 2. The van der Waals surface area contributed by atoms with Crippen molar-refractivity contribution in [2.24, 2.45) is 5.41 Å². The summed E-state index contributed by atoms with van der Waals surface area (Å²) in [5.74, 6) is -0.916. The quantitative estimate of drug-likeness (QED) is 0.585. The fourth-order valence-corrected chi connectivity index (χ4v) is 3.19. The molecule has 94 valence electrons. The van der Waals surface area contributed by atoms with Crippen molar-refractivity contribution in [1.29, 1.82) is 0 Å². The van der Waals surface area contributed by atoms with Crippen molar-refractivity contribution in [3.63, 3.8) is 0 Å². The van der Waals surface area contributed by atoms with Gasteiger partial charge in [-0.15, -0.1) is 0 Å². The molecular weight excluding hydrogens is 232 g/mol. The lowest BCUT2D eigenvalue weighted by Crippen LogP contribution is -2.41. The van der Waals surface area contributed by atoms with E-state index >= 15 is 0 Å². The van der Waals surface area contributed by atoms with E-state index in [-0.39, 0.29) is 0 Å². The predicted molar refractivity (Wildman–Crippen MR) is 62.8 cm³/mol. The second-order valence-electron chi connectivity index (χ2n) is 4.91. The Kier molecular flexibility index (Phi) is 2.24. The molecule has 1 aromatic carbocycles. The van der Waals surface area contributed by atoms with Crippen molar-refractivity contribution in [2.45, 2.75) is 18.3 Å². The Morgan fingerprint density at radius 3 is 2.72 bits per heavy atom. The first-order valence-electron chi connectivity index (χ1n) is 5.98. The summed E-state index contributed by atoms with van der Waals surface area (Å²) in [4.78, 5) is 24.0. The van der Waals surface area contributed by atoms with Gasteiger partial charge >= 0.3 is 11.9 Å². The van der Waals surface area contributed by atoms with Crippen molar-refractivity contribution in [2.75, 3.05) is 13.7 Å². The van der Waals surface area contributed by atoms with Gasteiger partial charge in [-0.05, 0) is 18.4 Å². The largest absolute Gasteiger partial charge is 0.468 e. The third kappa shape index (κ3) is 1.15. The van der Waals surface area contributed by atoms with E-state index in [0.29, 0.717) is 19.4 Å². The van der Waals surface area contributed by atoms with Crippen molar-refractivity contribution >= 4 is 11.9 Å². The SMILES string of the molecule is COC(=O)[C@@]12CC1(c1ccccc1)CCOC2=O. The Hall–Kier alpha value is -1.84. The maximum Gasteiger partial charge on any atom is 0.324 e. The Bertz CT molecular complexity index is 500. The molecular formula is C14H14O4. The number of hydrogen-bond donors (Lipinski definition) is 0. The molecule has 3 rings (SSSR count). The summed E-state index contributed by atoms with van der Waals surface area (Å²) in [6.07, 6.45) is 1.17. The van der Waals surface area contributed by atoms with E-state index in [2.05, 4.69) is 0 Å². The van der Waals surface area contributed by atoms with E-state index in [1.807, 2.05) is 30.3 Å². The maximum absolute atomic E-state index is 12.0. The Labute approximate surface area is 105 Å². The lowest BCUT2D eigenvalue weighted by atomic mass is 9.82. The highest BCUT2D eigenvalue weighted by molar-refractivity contribution is 6.07. The van der Waals surface area contributed by atoms with Gasteiger partial charge < -0.3 is 9.47 Å². The van der Waals surface area contributed by atoms with Crippen molar-refractivity contribution in [3.05, 3.63) is 35.9 Å². The van der Waals surface area contributed by atoms with Crippen LogP contribution < -0.4 is 0 Å². The first-order chi connectivity index (χ1) is 8.67. The summed E-state index contributed by atoms with van der Waals surface area (Å²) < 4.78 is 9.88.